The Morgan fingerprint density at radius 2 is 2.08 bits per heavy atom. The highest BCUT2D eigenvalue weighted by Gasteiger charge is 2.03. The summed E-state index contributed by atoms with van der Waals surface area (Å²) in [5.74, 6) is 0.783. The third-order valence-electron chi connectivity index (χ3n) is 3.81. The maximum Gasteiger partial charge on any atom is 0.120 e. The molecule has 0 atom stereocenters. The summed E-state index contributed by atoms with van der Waals surface area (Å²) in [6.07, 6.45) is 6.49. The highest BCUT2D eigenvalue weighted by Crippen LogP contribution is 2.23. The minimum absolute atomic E-state index is 0.368. The van der Waals surface area contributed by atoms with Crippen LogP contribution in [0.25, 0.3) is 11.3 Å². The van der Waals surface area contributed by atoms with E-state index in [1.165, 1.54) is 7.11 Å². The van der Waals surface area contributed by atoms with Gasteiger partial charge in [-0.1, -0.05) is 56.0 Å². The van der Waals surface area contributed by atoms with E-state index in [1.54, 1.807) is 12.3 Å². The minimum atomic E-state index is 0.368. The Morgan fingerprint density at radius 1 is 1.23 bits per heavy atom. The second-order valence-electron chi connectivity index (χ2n) is 5.73. The van der Waals surface area contributed by atoms with Crippen molar-refractivity contribution in [1.82, 2.24) is 4.98 Å². The van der Waals surface area contributed by atoms with Crippen LogP contribution in [0, 0.1) is 0 Å². The van der Waals surface area contributed by atoms with Gasteiger partial charge in [-0.2, -0.15) is 0 Å². The Labute approximate surface area is 155 Å². The summed E-state index contributed by atoms with van der Waals surface area (Å²) in [6, 6.07) is 11.8. The molecule has 26 heavy (non-hydrogen) atoms. The zero-order valence-corrected chi connectivity index (χ0v) is 15.4. The molecule has 0 unspecified atom stereocenters. The van der Waals surface area contributed by atoms with Crippen molar-refractivity contribution in [2.75, 3.05) is 13.7 Å². The molecule has 0 bridgehead atoms. The molecular formula is C22H25NO3. The van der Waals surface area contributed by atoms with E-state index in [1.807, 2.05) is 42.5 Å². The molecule has 4 nitrogen and oxygen atoms in total. The molecule has 0 aliphatic heterocycles. The molecule has 0 amide bonds. The van der Waals surface area contributed by atoms with Gasteiger partial charge >= 0.3 is 0 Å². The lowest BCUT2D eigenvalue weighted by atomic mass is 10.1. The van der Waals surface area contributed by atoms with Crippen molar-refractivity contribution in [2.45, 2.75) is 20.0 Å². The van der Waals surface area contributed by atoms with Gasteiger partial charge in [-0.05, 0) is 35.8 Å². The Balaban J connectivity index is 2.06. The molecule has 1 aromatic heterocycles. The van der Waals surface area contributed by atoms with Gasteiger partial charge < -0.3 is 4.74 Å². The minimum Gasteiger partial charge on any atom is -0.489 e. The summed E-state index contributed by atoms with van der Waals surface area (Å²) < 4.78 is 5.90. The first-order chi connectivity index (χ1) is 12.7. The van der Waals surface area contributed by atoms with Gasteiger partial charge in [0.1, 0.15) is 19.0 Å². The van der Waals surface area contributed by atoms with E-state index < -0.39 is 0 Å². The molecule has 1 heterocycles. The van der Waals surface area contributed by atoms with Gasteiger partial charge in [0, 0.05) is 11.8 Å². The predicted molar refractivity (Wildman–Crippen MR) is 105 cm³/mol. The van der Waals surface area contributed by atoms with Gasteiger partial charge in [-0.3, -0.25) is 4.98 Å². The summed E-state index contributed by atoms with van der Waals surface area (Å²) in [6.45, 7) is 10.7. The van der Waals surface area contributed by atoms with Gasteiger partial charge in [-0.25, -0.2) is 9.78 Å². The van der Waals surface area contributed by atoms with Crippen LogP contribution in [-0.2, 0) is 16.4 Å². The van der Waals surface area contributed by atoms with Crippen molar-refractivity contribution in [3.05, 3.63) is 84.6 Å². The zero-order chi connectivity index (χ0) is 18.8. The Hall–Kier alpha value is -2.69. The van der Waals surface area contributed by atoms with Gasteiger partial charge in [0.15, 0.2) is 0 Å². The SMILES string of the molecule is C=C/C(=C\C(=C)CC)COc1cccc(-c2ccc(COOC)cn2)c1. The number of rotatable bonds is 10. The van der Waals surface area contributed by atoms with Gasteiger partial charge in [0.25, 0.3) is 0 Å². The number of benzene rings is 1. The molecule has 136 valence electrons. The number of aromatic nitrogens is 1. The van der Waals surface area contributed by atoms with E-state index in [9.17, 15) is 0 Å². The number of pyridine rings is 1. The van der Waals surface area contributed by atoms with E-state index in [-0.39, 0.29) is 0 Å². The molecule has 0 saturated heterocycles. The zero-order valence-electron chi connectivity index (χ0n) is 15.4. The standard InChI is InChI=1S/C22H25NO3/c1-5-17(3)12-18(6-2)15-25-21-9-7-8-20(13-21)22-11-10-19(14-23-22)16-26-24-4/h6-14H,2-3,5,15-16H2,1,4H3/b18-12+. The summed E-state index contributed by atoms with van der Waals surface area (Å²) in [4.78, 5) is 14.0. The monoisotopic (exact) mass is 351 g/mol. The normalized spacial score (nSPS) is 11.2. The molecule has 1 aromatic carbocycles. The van der Waals surface area contributed by atoms with Crippen molar-refractivity contribution in [1.29, 1.82) is 0 Å². The van der Waals surface area contributed by atoms with Crippen LogP contribution < -0.4 is 4.74 Å². The topological polar surface area (TPSA) is 40.6 Å². The van der Waals surface area contributed by atoms with Crippen LogP contribution in [0.15, 0.2) is 79.1 Å². The summed E-state index contributed by atoms with van der Waals surface area (Å²) in [5.41, 5.74) is 4.86. The quantitative estimate of drug-likeness (QED) is 0.331. The van der Waals surface area contributed by atoms with Crippen LogP contribution in [0.5, 0.6) is 5.75 Å². The van der Waals surface area contributed by atoms with Gasteiger partial charge in [0.2, 0.25) is 0 Å². The van der Waals surface area contributed by atoms with Crippen molar-refractivity contribution < 1.29 is 14.5 Å². The molecule has 0 saturated carbocycles. The molecule has 0 spiro atoms. The first kappa shape index (κ1) is 19.6. The molecular weight excluding hydrogens is 326 g/mol. The fourth-order valence-electron chi connectivity index (χ4n) is 2.24. The lowest BCUT2D eigenvalue weighted by Crippen LogP contribution is -2.00. The van der Waals surface area contributed by atoms with Crippen LogP contribution in [0.3, 0.4) is 0 Å². The highest BCUT2D eigenvalue weighted by molar-refractivity contribution is 5.61. The van der Waals surface area contributed by atoms with Crippen molar-refractivity contribution >= 4 is 0 Å². The Bertz CT molecular complexity index is 763. The summed E-state index contributed by atoms with van der Waals surface area (Å²) in [5, 5.41) is 0. The molecule has 0 N–H and O–H groups in total. The van der Waals surface area contributed by atoms with Crippen molar-refractivity contribution in [3.8, 4) is 17.0 Å². The summed E-state index contributed by atoms with van der Waals surface area (Å²) >= 11 is 0. The molecule has 0 radical (unpaired) electrons. The molecule has 2 rings (SSSR count). The average molecular weight is 351 g/mol. The Kier molecular flexibility index (Phi) is 7.80. The second-order valence-corrected chi connectivity index (χ2v) is 5.73. The van der Waals surface area contributed by atoms with Gasteiger partial charge in [0.05, 0.1) is 12.8 Å². The molecule has 0 fully saturated rings. The smallest absolute Gasteiger partial charge is 0.120 e. The van der Waals surface area contributed by atoms with Crippen LogP contribution in [0.1, 0.15) is 18.9 Å². The number of hydrogen-bond donors (Lipinski definition) is 0. The lowest BCUT2D eigenvalue weighted by Gasteiger charge is -2.09. The van der Waals surface area contributed by atoms with Crippen molar-refractivity contribution in [3.63, 3.8) is 0 Å². The van der Waals surface area contributed by atoms with Crippen molar-refractivity contribution in [2.24, 2.45) is 0 Å². The first-order valence-corrected chi connectivity index (χ1v) is 8.50. The average Bonchev–Trinajstić information content (AvgIpc) is 2.69. The maximum absolute atomic E-state index is 5.90. The number of nitrogens with zero attached hydrogens (tertiary/aromatic N) is 1. The van der Waals surface area contributed by atoms with E-state index in [0.29, 0.717) is 13.2 Å². The highest BCUT2D eigenvalue weighted by atomic mass is 17.2. The van der Waals surface area contributed by atoms with Crippen LogP contribution in [-0.4, -0.2) is 18.7 Å². The molecule has 0 aliphatic rings. The van der Waals surface area contributed by atoms with E-state index in [4.69, 9.17) is 9.62 Å². The number of allylic oxidation sites excluding steroid dienone is 2. The van der Waals surface area contributed by atoms with E-state index in [2.05, 4.69) is 30.0 Å². The van der Waals surface area contributed by atoms with E-state index in [0.717, 1.165) is 40.1 Å². The molecule has 4 heteroatoms. The lowest BCUT2D eigenvalue weighted by molar-refractivity contribution is -0.282. The summed E-state index contributed by atoms with van der Waals surface area (Å²) in [7, 11) is 1.48. The molecule has 0 aliphatic carbocycles. The Morgan fingerprint density at radius 3 is 2.73 bits per heavy atom. The van der Waals surface area contributed by atoms with Crippen LogP contribution in [0.2, 0.25) is 0 Å². The fourth-order valence-corrected chi connectivity index (χ4v) is 2.24. The number of ether oxygens (including phenoxy) is 1. The maximum atomic E-state index is 5.90. The van der Waals surface area contributed by atoms with E-state index >= 15 is 0 Å². The third-order valence-corrected chi connectivity index (χ3v) is 3.81. The predicted octanol–water partition coefficient (Wildman–Crippen LogP) is 5.28. The fraction of sp³-hybridized carbons (Fsp3) is 0.227. The second kappa shape index (κ2) is 10.3. The van der Waals surface area contributed by atoms with Crippen LogP contribution in [0.4, 0.5) is 0 Å². The first-order valence-electron chi connectivity index (χ1n) is 8.50. The largest absolute Gasteiger partial charge is 0.489 e. The van der Waals surface area contributed by atoms with Crippen LogP contribution >= 0.6 is 0 Å². The number of hydrogen-bond acceptors (Lipinski definition) is 4. The third kappa shape index (κ3) is 5.99. The van der Waals surface area contributed by atoms with Gasteiger partial charge in [-0.15, -0.1) is 0 Å². The molecule has 2 aromatic rings.